The standard InChI is InChI=1S/C21H24O5/c1-14(2)11-12-26-20-17(25-3)13-16(18(19(20)22)21(23)24)10-9-15-7-5-4-6-8-15/h4-10,13-14,22H,11-12H2,1-3H3,(H,23,24)/b10-9+. The van der Waals surface area contributed by atoms with Crippen LogP contribution in [-0.4, -0.2) is 29.9 Å². The number of phenols is 1. The van der Waals surface area contributed by atoms with E-state index < -0.39 is 11.7 Å². The zero-order valence-corrected chi connectivity index (χ0v) is 15.2. The van der Waals surface area contributed by atoms with Gasteiger partial charge in [0, 0.05) is 0 Å². The number of hydrogen-bond donors (Lipinski definition) is 2. The van der Waals surface area contributed by atoms with Crippen molar-refractivity contribution in [2.45, 2.75) is 20.3 Å². The summed E-state index contributed by atoms with van der Waals surface area (Å²) in [5.74, 6) is -0.874. The maximum atomic E-state index is 11.7. The molecule has 0 radical (unpaired) electrons. The molecule has 0 amide bonds. The Morgan fingerprint density at radius 2 is 1.88 bits per heavy atom. The summed E-state index contributed by atoms with van der Waals surface area (Å²) in [6.07, 6.45) is 4.19. The van der Waals surface area contributed by atoms with Gasteiger partial charge in [-0.3, -0.25) is 0 Å². The molecule has 138 valence electrons. The molecule has 0 atom stereocenters. The molecule has 0 spiro atoms. The van der Waals surface area contributed by atoms with E-state index in [2.05, 4.69) is 13.8 Å². The largest absolute Gasteiger partial charge is 0.504 e. The van der Waals surface area contributed by atoms with Crippen LogP contribution in [0.15, 0.2) is 36.4 Å². The van der Waals surface area contributed by atoms with Gasteiger partial charge in [-0.25, -0.2) is 4.79 Å². The van der Waals surface area contributed by atoms with Crippen molar-refractivity contribution in [3.63, 3.8) is 0 Å². The zero-order chi connectivity index (χ0) is 19.1. The van der Waals surface area contributed by atoms with Gasteiger partial charge >= 0.3 is 5.97 Å². The van der Waals surface area contributed by atoms with Gasteiger partial charge in [-0.05, 0) is 29.5 Å². The summed E-state index contributed by atoms with van der Waals surface area (Å²) in [5, 5.41) is 20.0. The van der Waals surface area contributed by atoms with E-state index in [9.17, 15) is 15.0 Å². The first-order chi connectivity index (χ1) is 12.4. The van der Waals surface area contributed by atoms with E-state index in [0.29, 0.717) is 23.8 Å². The molecule has 0 saturated heterocycles. The van der Waals surface area contributed by atoms with Gasteiger partial charge in [-0.2, -0.15) is 0 Å². The average Bonchev–Trinajstić information content (AvgIpc) is 2.61. The summed E-state index contributed by atoms with van der Waals surface area (Å²) in [4.78, 5) is 11.7. The number of carboxylic acids is 1. The van der Waals surface area contributed by atoms with Crippen LogP contribution >= 0.6 is 0 Å². The molecule has 0 heterocycles. The molecule has 0 bridgehead atoms. The smallest absolute Gasteiger partial charge is 0.340 e. The van der Waals surface area contributed by atoms with Crippen LogP contribution in [0.2, 0.25) is 0 Å². The number of ether oxygens (including phenoxy) is 2. The highest BCUT2D eigenvalue weighted by atomic mass is 16.5. The highest BCUT2D eigenvalue weighted by molar-refractivity contribution is 5.98. The molecule has 0 aliphatic rings. The number of carboxylic acid groups (broad SMARTS) is 1. The number of methoxy groups -OCH3 is 1. The monoisotopic (exact) mass is 356 g/mol. The normalized spacial score (nSPS) is 11.1. The predicted octanol–water partition coefficient (Wildman–Crippen LogP) is 4.69. The van der Waals surface area contributed by atoms with Crippen LogP contribution in [0.25, 0.3) is 12.2 Å². The topological polar surface area (TPSA) is 76.0 Å². The number of rotatable bonds is 8. The van der Waals surface area contributed by atoms with Crippen molar-refractivity contribution < 1.29 is 24.5 Å². The van der Waals surface area contributed by atoms with Gasteiger partial charge in [-0.1, -0.05) is 56.3 Å². The van der Waals surface area contributed by atoms with E-state index in [1.54, 1.807) is 18.2 Å². The molecule has 2 rings (SSSR count). The number of aromatic hydroxyl groups is 1. The summed E-state index contributed by atoms with van der Waals surface area (Å²) in [6, 6.07) is 11.0. The van der Waals surface area contributed by atoms with Gasteiger partial charge in [0.15, 0.2) is 11.5 Å². The van der Waals surface area contributed by atoms with Crippen molar-refractivity contribution >= 4 is 18.1 Å². The summed E-state index contributed by atoms with van der Waals surface area (Å²) in [6.45, 7) is 4.47. The molecule has 2 aromatic carbocycles. The lowest BCUT2D eigenvalue weighted by Gasteiger charge is -2.16. The Kier molecular flexibility index (Phi) is 6.67. The van der Waals surface area contributed by atoms with Crippen molar-refractivity contribution in [3.05, 3.63) is 53.1 Å². The first-order valence-electron chi connectivity index (χ1n) is 8.47. The minimum absolute atomic E-state index is 0.0578. The lowest BCUT2D eigenvalue weighted by Crippen LogP contribution is -2.07. The Labute approximate surface area is 153 Å². The van der Waals surface area contributed by atoms with Crippen molar-refractivity contribution in [2.75, 3.05) is 13.7 Å². The fourth-order valence-electron chi connectivity index (χ4n) is 2.44. The van der Waals surface area contributed by atoms with Gasteiger partial charge in [0.25, 0.3) is 0 Å². The Balaban J connectivity index is 2.43. The van der Waals surface area contributed by atoms with Gasteiger partial charge in [-0.15, -0.1) is 0 Å². The van der Waals surface area contributed by atoms with Gasteiger partial charge in [0.05, 0.1) is 13.7 Å². The number of carbonyl (C=O) groups is 1. The van der Waals surface area contributed by atoms with Crippen molar-refractivity contribution in [2.24, 2.45) is 5.92 Å². The molecule has 0 aliphatic heterocycles. The zero-order valence-electron chi connectivity index (χ0n) is 15.2. The summed E-state index contributed by atoms with van der Waals surface area (Å²) in [5.41, 5.74) is 1.05. The highest BCUT2D eigenvalue weighted by Crippen LogP contribution is 2.42. The molecule has 5 nitrogen and oxygen atoms in total. The number of hydrogen-bond acceptors (Lipinski definition) is 4. The average molecular weight is 356 g/mol. The first kappa shape index (κ1) is 19.4. The predicted molar refractivity (Wildman–Crippen MR) is 102 cm³/mol. The van der Waals surface area contributed by atoms with E-state index in [4.69, 9.17) is 9.47 Å². The third-order valence-corrected chi connectivity index (χ3v) is 3.88. The lowest BCUT2D eigenvalue weighted by atomic mass is 10.0. The van der Waals surface area contributed by atoms with E-state index in [-0.39, 0.29) is 11.3 Å². The fourth-order valence-corrected chi connectivity index (χ4v) is 2.44. The van der Waals surface area contributed by atoms with Crippen LogP contribution in [0, 0.1) is 5.92 Å². The highest BCUT2D eigenvalue weighted by Gasteiger charge is 2.23. The van der Waals surface area contributed by atoms with Crippen molar-refractivity contribution in [3.8, 4) is 17.2 Å². The molecular weight excluding hydrogens is 332 g/mol. The van der Waals surface area contributed by atoms with Crippen LogP contribution in [0.1, 0.15) is 41.8 Å². The Morgan fingerprint density at radius 3 is 2.46 bits per heavy atom. The molecule has 26 heavy (non-hydrogen) atoms. The number of benzene rings is 2. The van der Waals surface area contributed by atoms with Crippen molar-refractivity contribution in [1.29, 1.82) is 0 Å². The van der Waals surface area contributed by atoms with Crippen LogP contribution in [0.3, 0.4) is 0 Å². The second-order valence-electron chi connectivity index (χ2n) is 6.30. The molecule has 0 aromatic heterocycles. The van der Waals surface area contributed by atoms with Crippen molar-refractivity contribution in [1.82, 2.24) is 0 Å². The molecule has 0 unspecified atom stereocenters. The molecule has 5 heteroatoms. The molecule has 2 N–H and O–H groups in total. The molecular formula is C21H24O5. The molecule has 0 saturated carbocycles. The SMILES string of the molecule is COc1cc(/C=C/c2ccccc2)c(C(=O)O)c(O)c1OCCC(C)C. The van der Waals surface area contributed by atoms with Gasteiger partial charge in [0.1, 0.15) is 5.56 Å². The second kappa shape index (κ2) is 8.94. The van der Waals surface area contributed by atoms with E-state index in [1.165, 1.54) is 7.11 Å². The Hall–Kier alpha value is -2.95. The Bertz CT molecular complexity index is 779. The lowest BCUT2D eigenvalue weighted by molar-refractivity contribution is 0.0692. The fraction of sp³-hybridized carbons (Fsp3) is 0.286. The maximum absolute atomic E-state index is 11.7. The molecule has 0 fully saturated rings. The molecule has 0 aliphatic carbocycles. The van der Waals surface area contributed by atoms with Crippen LogP contribution in [0.5, 0.6) is 17.2 Å². The van der Waals surface area contributed by atoms with E-state index >= 15 is 0 Å². The van der Waals surface area contributed by atoms with Crippen LogP contribution in [0.4, 0.5) is 0 Å². The Morgan fingerprint density at radius 1 is 1.19 bits per heavy atom. The van der Waals surface area contributed by atoms with Crippen LogP contribution < -0.4 is 9.47 Å². The summed E-state index contributed by atoms with van der Waals surface area (Å²) in [7, 11) is 1.45. The van der Waals surface area contributed by atoms with Gasteiger partial charge in [0.2, 0.25) is 5.75 Å². The minimum atomic E-state index is -1.23. The third-order valence-electron chi connectivity index (χ3n) is 3.88. The first-order valence-corrected chi connectivity index (χ1v) is 8.47. The van der Waals surface area contributed by atoms with E-state index in [0.717, 1.165) is 12.0 Å². The summed E-state index contributed by atoms with van der Waals surface area (Å²) < 4.78 is 10.9. The maximum Gasteiger partial charge on any atom is 0.340 e. The quantitative estimate of drug-likeness (QED) is 0.671. The third kappa shape index (κ3) is 4.79. The molecule has 2 aromatic rings. The minimum Gasteiger partial charge on any atom is -0.504 e. The summed E-state index contributed by atoms with van der Waals surface area (Å²) >= 11 is 0. The van der Waals surface area contributed by atoms with Crippen LogP contribution in [-0.2, 0) is 0 Å². The second-order valence-corrected chi connectivity index (χ2v) is 6.30. The van der Waals surface area contributed by atoms with Gasteiger partial charge < -0.3 is 19.7 Å². The number of aromatic carboxylic acids is 1. The van der Waals surface area contributed by atoms with E-state index in [1.807, 2.05) is 30.3 Å².